The zero-order valence-electron chi connectivity index (χ0n) is 9.05. The summed E-state index contributed by atoms with van der Waals surface area (Å²) in [5, 5.41) is 8.78. The number of carbonyl (C=O) groups is 1. The number of rotatable bonds is 4. The van der Waals surface area contributed by atoms with E-state index >= 15 is 0 Å². The van der Waals surface area contributed by atoms with E-state index in [9.17, 15) is 18.0 Å². The van der Waals surface area contributed by atoms with Gasteiger partial charge in [-0.3, -0.25) is 0 Å². The molecule has 4 nitrogen and oxygen atoms in total. The van der Waals surface area contributed by atoms with E-state index in [1.54, 1.807) is 0 Å². The van der Waals surface area contributed by atoms with Crippen LogP contribution in [0.4, 0.5) is 13.2 Å². The zero-order chi connectivity index (χ0) is 13.9. The summed E-state index contributed by atoms with van der Waals surface area (Å²) in [5.41, 5.74) is -0.127. The average Bonchev–Trinajstić information content (AvgIpc) is 2.24. The Kier molecular flexibility index (Phi) is 4.44. The van der Waals surface area contributed by atoms with Crippen LogP contribution in [-0.2, 0) is 0 Å². The lowest BCUT2D eigenvalue weighted by molar-refractivity contribution is -0.153. The van der Waals surface area contributed by atoms with Crippen molar-refractivity contribution in [2.24, 2.45) is 0 Å². The van der Waals surface area contributed by atoms with Gasteiger partial charge in [0.25, 0.3) is 0 Å². The van der Waals surface area contributed by atoms with Gasteiger partial charge in [-0.25, -0.2) is 4.79 Å². The summed E-state index contributed by atoms with van der Waals surface area (Å²) in [6.45, 7) is -1.49. The first-order valence-corrected chi connectivity index (χ1v) is 5.34. The van der Waals surface area contributed by atoms with Crippen LogP contribution in [0.5, 0.6) is 11.5 Å². The third-order valence-electron chi connectivity index (χ3n) is 1.86. The summed E-state index contributed by atoms with van der Waals surface area (Å²) in [7, 11) is 1.20. The number of carboxylic acid groups (broad SMARTS) is 1. The Hall–Kier alpha value is -1.44. The molecule has 100 valence electrons. The molecule has 1 aromatic carbocycles. The summed E-state index contributed by atoms with van der Waals surface area (Å²) in [5.74, 6) is -1.51. The van der Waals surface area contributed by atoms with Gasteiger partial charge in [-0.2, -0.15) is 13.2 Å². The number of ether oxygens (including phenoxy) is 2. The van der Waals surface area contributed by atoms with Gasteiger partial charge in [0.05, 0.1) is 17.1 Å². The number of benzene rings is 1. The maximum atomic E-state index is 12.0. The van der Waals surface area contributed by atoms with Crippen molar-refractivity contribution in [2.45, 2.75) is 6.18 Å². The molecule has 0 fully saturated rings. The fourth-order valence-corrected chi connectivity index (χ4v) is 1.69. The lowest BCUT2D eigenvalue weighted by Gasteiger charge is -2.14. The van der Waals surface area contributed by atoms with Crippen molar-refractivity contribution in [1.82, 2.24) is 0 Å². The zero-order valence-corrected chi connectivity index (χ0v) is 10.6. The molecule has 1 aromatic rings. The molecule has 0 aromatic heterocycles. The van der Waals surface area contributed by atoms with E-state index in [0.29, 0.717) is 0 Å². The number of hydrogen-bond donors (Lipinski definition) is 1. The smallest absolute Gasteiger partial charge is 0.422 e. The van der Waals surface area contributed by atoms with E-state index in [4.69, 9.17) is 9.84 Å². The van der Waals surface area contributed by atoms with Crippen molar-refractivity contribution < 1.29 is 32.5 Å². The number of methoxy groups -OCH3 is 1. The highest BCUT2D eigenvalue weighted by atomic mass is 79.9. The van der Waals surface area contributed by atoms with E-state index in [2.05, 4.69) is 20.7 Å². The number of hydrogen-bond acceptors (Lipinski definition) is 3. The molecule has 0 bridgehead atoms. The first kappa shape index (κ1) is 14.6. The average molecular weight is 329 g/mol. The molecule has 0 aliphatic carbocycles. The molecular formula is C10H8BrF3O4. The molecule has 0 aliphatic heterocycles. The van der Waals surface area contributed by atoms with Crippen molar-refractivity contribution in [3.8, 4) is 11.5 Å². The van der Waals surface area contributed by atoms with Crippen LogP contribution in [0, 0.1) is 0 Å². The second-order valence-corrected chi connectivity index (χ2v) is 4.05. The molecule has 0 aliphatic rings. The van der Waals surface area contributed by atoms with Gasteiger partial charge in [-0.05, 0) is 28.1 Å². The minimum Gasteiger partial charge on any atom is -0.493 e. The molecule has 0 spiro atoms. The molecule has 0 unspecified atom stereocenters. The summed E-state index contributed by atoms with van der Waals surface area (Å²) in [6, 6.07) is 2.22. The normalized spacial score (nSPS) is 11.2. The maximum Gasteiger partial charge on any atom is 0.422 e. The van der Waals surface area contributed by atoms with Gasteiger partial charge >= 0.3 is 12.1 Å². The van der Waals surface area contributed by atoms with Crippen molar-refractivity contribution in [3.05, 3.63) is 22.2 Å². The molecule has 18 heavy (non-hydrogen) atoms. The predicted octanol–water partition coefficient (Wildman–Crippen LogP) is 3.10. The lowest BCUT2D eigenvalue weighted by Crippen LogP contribution is -2.19. The van der Waals surface area contributed by atoms with Crippen LogP contribution in [0.1, 0.15) is 10.4 Å². The summed E-state index contributed by atoms with van der Waals surface area (Å²) < 4.78 is 45.6. The van der Waals surface area contributed by atoms with Crippen LogP contribution in [0.15, 0.2) is 16.6 Å². The lowest BCUT2D eigenvalue weighted by atomic mass is 10.2. The molecule has 1 rings (SSSR count). The number of alkyl halides is 3. The molecule has 0 amide bonds. The Morgan fingerprint density at radius 2 is 2.06 bits per heavy atom. The third-order valence-corrected chi connectivity index (χ3v) is 2.45. The van der Waals surface area contributed by atoms with Gasteiger partial charge in [-0.1, -0.05) is 0 Å². The van der Waals surface area contributed by atoms with Crippen LogP contribution in [-0.4, -0.2) is 31.0 Å². The second kappa shape index (κ2) is 5.47. The molecule has 0 heterocycles. The molecule has 0 radical (unpaired) electrons. The van der Waals surface area contributed by atoms with Gasteiger partial charge in [0.15, 0.2) is 18.1 Å². The first-order chi connectivity index (χ1) is 8.24. The van der Waals surface area contributed by atoms with Gasteiger partial charge in [-0.15, -0.1) is 0 Å². The quantitative estimate of drug-likeness (QED) is 0.922. The van der Waals surface area contributed by atoms with Gasteiger partial charge in [0, 0.05) is 0 Å². The summed E-state index contributed by atoms with van der Waals surface area (Å²) >= 11 is 2.94. The highest BCUT2D eigenvalue weighted by molar-refractivity contribution is 9.10. The first-order valence-electron chi connectivity index (χ1n) is 4.55. The number of aromatic carboxylic acids is 1. The molecule has 8 heteroatoms. The predicted molar refractivity (Wildman–Crippen MR) is 59.2 cm³/mol. The van der Waals surface area contributed by atoms with Crippen LogP contribution in [0.25, 0.3) is 0 Å². The van der Waals surface area contributed by atoms with E-state index in [-0.39, 0.29) is 21.5 Å². The topological polar surface area (TPSA) is 55.8 Å². The Morgan fingerprint density at radius 1 is 1.44 bits per heavy atom. The Labute approximate surface area is 108 Å². The van der Waals surface area contributed by atoms with Gasteiger partial charge in [0.2, 0.25) is 0 Å². The Morgan fingerprint density at radius 3 is 2.50 bits per heavy atom. The standard InChI is InChI=1S/C10H8BrF3O4/c1-17-7-3-5(9(15)16)2-6(11)8(7)18-4-10(12,13)14/h2-3H,4H2,1H3,(H,15,16). The maximum absolute atomic E-state index is 12.0. The van der Waals surface area contributed by atoms with E-state index in [0.717, 1.165) is 12.1 Å². The third kappa shape index (κ3) is 3.80. The molecule has 0 saturated heterocycles. The summed E-state index contributed by atoms with van der Waals surface area (Å²) in [6.07, 6.45) is -4.49. The summed E-state index contributed by atoms with van der Waals surface area (Å²) in [4.78, 5) is 10.8. The highest BCUT2D eigenvalue weighted by Crippen LogP contribution is 2.37. The highest BCUT2D eigenvalue weighted by Gasteiger charge is 2.29. The van der Waals surface area contributed by atoms with Crippen molar-refractivity contribution in [2.75, 3.05) is 13.7 Å². The van der Waals surface area contributed by atoms with E-state index in [1.165, 1.54) is 7.11 Å². The molecular weight excluding hydrogens is 321 g/mol. The Balaban J connectivity index is 3.08. The monoisotopic (exact) mass is 328 g/mol. The van der Waals surface area contributed by atoms with E-state index < -0.39 is 18.8 Å². The van der Waals surface area contributed by atoms with Gasteiger partial charge < -0.3 is 14.6 Å². The van der Waals surface area contributed by atoms with E-state index in [1.807, 2.05) is 0 Å². The second-order valence-electron chi connectivity index (χ2n) is 3.20. The number of halogens is 4. The van der Waals surface area contributed by atoms with Gasteiger partial charge in [0.1, 0.15) is 0 Å². The van der Waals surface area contributed by atoms with Crippen LogP contribution < -0.4 is 9.47 Å². The van der Waals surface area contributed by atoms with Crippen LogP contribution in [0.3, 0.4) is 0 Å². The number of carboxylic acids is 1. The van der Waals surface area contributed by atoms with Crippen molar-refractivity contribution in [1.29, 1.82) is 0 Å². The molecule has 1 N–H and O–H groups in total. The molecule has 0 atom stereocenters. The fourth-order valence-electron chi connectivity index (χ4n) is 1.14. The SMILES string of the molecule is COc1cc(C(=O)O)cc(Br)c1OCC(F)(F)F. The van der Waals surface area contributed by atoms with Crippen molar-refractivity contribution >= 4 is 21.9 Å². The van der Waals surface area contributed by atoms with Crippen LogP contribution >= 0.6 is 15.9 Å². The van der Waals surface area contributed by atoms with Crippen LogP contribution in [0.2, 0.25) is 0 Å². The Bertz CT molecular complexity index is 459. The van der Waals surface area contributed by atoms with Crippen molar-refractivity contribution in [3.63, 3.8) is 0 Å². The largest absolute Gasteiger partial charge is 0.493 e. The molecule has 0 saturated carbocycles. The minimum atomic E-state index is -4.49. The fraction of sp³-hybridized carbons (Fsp3) is 0.300. The minimum absolute atomic E-state index is 0.0727.